The topological polar surface area (TPSA) is 40.5 Å². The van der Waals surface area contributed by atoms with Gasteiger partial charge in [-0.3, -0.25) is 4.90 Å². The van der Waals surface area contributed by atoms with Crippen molar-refractivity contribution in [2.24, 2.45) is 0 Å². The maximum Gasteiger partial charge on any atom is 0.335 e. The Morgan fingerprint density at radius 1 is 1.47 bits per heavy atom. The quantitative estimate of drug-likeness (QED) is 0.809. The van der Waals surface area contributed by atoms with Gasteiger partial charge in [-0.05, 0) is 36.6 Å². The predicted molar refractivity (Wildman–Crippen MR) is 67.4 cm³/mol. The van der Waals surface area contributed by atoms with Crippen LogP contribution in [0.25, 0.3) is 0 Å². The van der Waals surface area contributed by atoms with Gasteiger partial charge in [-0.1, -0.05) is 18.2 Å². The Bertz CT molecular complexity index is 411. The van der Waals surface area contributed by atoms with Gasteiger partial charge in [-0.15, -0.1) is 6.58 Å². The molecule has 1 aromatic rings. The molecule has 0 radical (unpaired) electrons. The Hall–Kier alpha value is -1.61. The highest BCUT2D eigenvalue weighted by molar-refractivity contribution is 5.87. The average molecular weight is 231 g/mol. The van der Waals surface area contributed by atoms with Crippen molar-refractivity contribution in [3.05, 3.63) is 48.0 Å². The molecule has 1 fully saturated rings. The second-order valence-corrected chi connectivity index (χ2v) is 4.46. The summed E-state index contributed by atoms with van der Waals surface area (Å²) in [5.41, 5.74) is 1.59. The lowest BCUT2D eigenvalue weighted by Gasteiger charge is -2.13. The molecule has 2 rings (SSSR count). The van der Waals surface area contributed by atoms with Crippen molar-refractivity contribution in [1.29, 1.82) is 0 Å². The van der Waals surface area contributed by atoms with Gasteiger partial charge >= 0.3 is 5.97 Å². The van der Waals surface area contributed by atoms with E-state index in [4.69, 9.17) is 5.11 Å². The molecule has 3 heteroatoms. The maximum atomic E-state index is 10.8. The molecule has 1 heterocycles. The van der Waals surface area contributed by atoms with E-state index in [-0.39, 0.29) is 0 Å². The Kier molecular flexibility index (Phi) is 3.59. The molecule has 1 N–H and O–H groups in total. The number of hydrogen-bond acceptors (Lipinski definition) is 2. The number of carboxylic acid groups (broad SMARTS) is 1. The molecule has 0 aromatic heterocycles. The molecule has 1 saturated heterocycles. The van der Waals surface area contributed by atoms with Gasteiger partial charge in [-0.25, -0.2) is 4.79 Å². The molecule has 1 aliphatic heterocycles. The van der Waals surface area contributed by atoms with E-state index in [1.807, 2.05) is 18.2 Å². The van der Waals surface area contributed by atoms with Gasteiger partial charge in [0.15, 0.2) is 0 Å². The summed E-state index contributed by atoms with van der Waals surface area (Å²) in [5, 5.41) is 8.83. The lowest BCUT2D eigenvalue weighted by atomic mass is 9.97. The SMILES string of the molecule is C=CCN1CCC(c2ccc(C(=O)O)cc2)C1. The number of carbonyl (C=O) groups is 1. The van der Waals surface area contributed by atoms with Gasteiger partial charge in [0.1, 0.15) is 0 Å². The standard InChI is InChI=1S/C14H17NO2/c1-2-8-15-9-7-13(10-15)11-3-5-12(6-4-11)14(16)17/h2-6,13H,1,7-10H2,(H,16,17). The third-order valence-electron chi connectivity index (χ3n) is 3.29. The number of rotatable bonds is 4. The van der Waals surface area contributed by atoms with Crippen LogP contribution >= 0.6 is 0 Å². The molecule has 3 nitrogen and oxygen atoms in total. The zero-order chi connectivity index (χ0) is 12.3. The minimum absolute atomic E-state index is 0.356. The van der Waals surface area contributed by atoms with Crippen molar-refractivity contribution in [1.82, 2.24) is 4.90 Å². The Morgan fingerprint density at radius 3 is 2.76 bits per heavy atom. The molecule has 90 valence electrons. The summed E-state index contributed by atoms with van der Waals surface area (Å²) in [5.74, 6) is -0.339. The second-order valence-electron chi connectivity index (χ2n) is 4.46. The molecule has 0 aliphatic carbocycles. The smallest absolute Gasteiger partial charge is 0.335 e. The van der Waals surface area contributed by atoms with Crippen molar-refractivity contribution in [3.63, 3.8) is 0 Å². The number of nitrogens with zero attached hydrogens (tertiary/aromatic N) is 1. The number of hydrogen-bond donors (Lipinski definition) is 1. The van der Waals surface area contributed by atoms with E-state index in [1.54, 1.807) is 12.1 Å². The zero-order valence-electron chi connectivity index (χ0n) is 9.80. The molecule has 17 heavy (non-hydrogen) atoms. The van der Waals surface area contributed by atoms with Crippen LogP contribution in [0.4, 0.5) is 0 Å². The second kappa shape index (κ2) is 5.15. The number of aromatic carboxylic acids is 1. The molecular weight excluding hydrogens is 214 g/mol. The first-order valence-electron chi connectivity index (χ1n) is 5.87. The molecule has 1 aromatic carbocycles. The third kappa shape index (κ3) is 2.74. The fourth-order valence-corrected chi connectivity index (χ4v) is 2.35. The van der Waals surface area contributed by atoms with Crippen LogP contribution in [-0.2, 0) is 0 Å². The van der Waals surface area contributed by atoms with E-state index >= 15 is 0 Å². The van der Waals surface area contributed by atoms with E-state index in [0.29, 0.717) is 11.5 Å². The lowest BCUT2D eigenvalue weighted by molar-refractivity contribution is 0.0697. The highest BCUT2D eigenvalue weighted by Crippen LogP contribution is 2.27. The summed E-state index contributed by atoms with van der Waals surface area (Å²) in [7, 11) is 0. The third-order valence-corrected chi connectivity index (χ3v) is 3.29. The van der Waals surface area contributed by atoms with E-state index in [0.717, 1.165) is 26.1 Å². The predicted octanol–water partition coefficient (Wildman–Crippen LogP) is 2.36. The number of benzene rings is 1. The average Bonchev–Trinajstić information content (AvgIpc) is 2.78. The van der Waals surface area contributed by atoms with Gasteiger partial charge in [0, 0.05) is 13.1 Å². The van der Waals surface area contributed by atoms with Crippen molar-refractivity contribution in [2.45, 2.75) is 12.3 Å². The molecule has 1 unspecified atom stereocenters. The van der Waals surface area contributed by atoms with Crippen LogP contribution in [-0.4, -0.2) is 35.6 Å². The minimum atomic E-state index is -0.865. The molecule has 0 amide bonds. The first kappa shape index (κ1) is 11.9. The van der Waals surface area contributed by atoms with Crippen LogP contribution in [0.3, 0.4) is 0 Å². The summed E-state index contributed by atoms with van der Waals surface area (Å²) in [4.78, 5) is 13.1. The van der Waals surface area contributed by atoms with Gasteiger partial charge in [0.25, 0.3) is 0 Å². The van der Waals surface area contributed by atoms with Crippen LogP contribution in [0.1, 0.15) is 28.3 Å². The Balaban J connectivity index is 2.03. The van der Waals surface area contributed by atoms with Crippen LogP contribution in [0.2, 0.25) is 0 Å². The van der Waals surface area contributed by atoms with E-state index < -0.39 is 5.97 Å². The molecule has 1 atom stereocenters. The molecule has 1 aliphatic rings. The lowest BCUT2D eigenvalue weighted by Crippen LogP contribution is -2.19. The summed E-state index contributed by atoms with van der Waals surface area (Å²) >= 11 is 0. The van der Waals surface area contributed by atoms with E-state index in [1.165, 1.54) is 5.56 Å². The van der Waals surface area contributed by atoms with Crippen LogP contribution in [0.5, 0.6) is 0 Å². The number of carboxylic acids is 1. The van der Waals surface area contributed by atoms with Gasteiger partial charge in [0.05, 0.1) is 5.56 Å². The Labute approximate surface area is 101 Å². The molecule has 0 bridgehead atoms. The summed E-state index contributed by atoms with van der Waals surface area (Å²) in [6.07, 6.45) is 3.07. The van der Waals surface area contributed by atoms with Gasteiger partial charge < -0.3 is 5.11 Å². The van der Waals surface area contributed by atoms with E-state index in [2.05, 4.69) is 11.5 Å². The number of likely N-dealkylation sites (tertiary alicyclic amines) is 1. The van der Waals surface area contributed by atoms with E-state index in [9.17, 15) is 4.79 Å². The summed E-state index contributed by atoms with van der Waals surface area (Å²) < 4.78 is 0. The minimum Gasteiger partial charge on any atom is -0.478 e. The fraction of sp³-hybridized carbons (Fsp3) is 0.357. The van der Waals surface area contributed by atoms with Crippen molar-refractivity contribution < 1.29 is 9.90 Å². The highest BCUT2D eigenvalue weighted by Gasteiger charge is 2.22. The normalized spacial score (nSPS) is 20.4. The van der Waals surface area contributed by atoms with Crippen LogP contribution in [0, 0.1) is 0 Å². The molecule has 0 spiro atoms. The van der Waals surface area contributed by atoms with Gasteiger partial charge in [-0.2, -0.15) is 0 Å². The molecule has 0 saturated carbocycles. The first-order valence-corrected chi connectivity index (χ1v) is 5.87. The van der Waals surface area contributed by atoms with Crippen molar-refractivity contribution in [3.8, 4) is 0 Å². The molecular formula is C14H17NO2. The van der Waals surface area contributed by atoms with Gasteiger partial charge in [0.2, 0.25) is 0 Å². The first-order chi connectivity index (χ1) is 8.20. The van der Waals surface area contributed by atoms with Crippen molar-refractivity contribution >= 4 is 5.97 Å². The van der Waals surface area contributed by atoms with Crippen molar-refractivity contribution in [2.75, 3.05) is 19.6 Å². The monoisotopic (exact) mass is 231 g/mol. The highest BCUT2D eigenvalue weighted by atomic mass is 16.4. The maximum absolute atomic E-state index is 10.8. The summed E-state index contributed by atoms with van der Waals surface area (Å²) in [6.45, 7) is 6.81. The van der Waals surface area contributed by atoms with Crippen LogP contribution < -0.4 is 0 Å². The fourth-order valence-electron chi connectivity index (χ4n) is 2.35. The van der Waals surface area contributed by atoms with Crippen LogP contribution in [0.15, 0.2) is 36.9 Å². The largest absolute Gasteiger partial charge is 0.478 e. The summed E-state index contributed by atoms with van der Waals surface area (Å²) in [6, 6.07) is 7.25. The Morgan fingerprint density at radius 2 is 2.18 bits per heavy atom. The zero-order valence-corrected chi connectivity index (χ0v) is 9.80.